The Kier molecular flexibility index (Phi) is 6.33. The Morgan fingerprint density at radius 1 is 0.957 bits per heavy atom. The van der Waals surface area contributed by atoms with Crippen molar-refractivity contribution in [3.05, 3.63) is 65.7 Å². The van der Waals surface area contributed by atoms with Gasteiger partial charge < -0.3 is 5.11 Å². The van der Waals surface area contributed by atoms with Gasteiger partial charge in [0.15, 0.2) is 0 Å². The van der Waals surface area contributed by atoms with E-state index >= 15 is 0 Å². The fraction of sp³-hybridized carbons (Fsp3) is 0.333. The molecule has 0 amide bonds. The van der Waals surface area contributed by atoms with Crippen LogP contribution < -0.4 is 0 Å². The van der Waals surface area contributed by atoms with Gasteiger partial charge in [-0.15, -0.1) is 0 Å². The summed E-state index contributed by atoms with van der Waals surface area (Å²) in [5.74, 6) is 0. The molecule has 23 heavy (non-hydrogen) atoms. The molecule has 0 saturated carbocycles. The van der Waals surface area contributed by atoms with E-state index in [0.717, 1.165) is 24.0 Å². The van der Waals surface area contributed by atoms with Gasteiger partial charge in [-0.05, 0) is 29.7 Å². The first kappa shape index (κ1) is 17.7. The molecule has 0 spiro atoms. The van der Waals surface area contributed by atoms with E-state index in [1.54, 1.807) is 12.1 Å². The van der Waals surface area contributed by atoms with Gasteiger partial charge in [0.1, 0.15) is 0 Å². The largest absolute Gasteiger partial charge is 0.395 e. The molecule has 0 fully saturated rings. The van der Waals surface area contributed by atoms with Crippen LogP contribution in [0.1, 0.15) is 24.5 Å². The molecule has 5 heteroatoms. The van der Waals surface area contributed by atoms with Crippen molar-refractivity contribution in [1.29, 1.82) is 0 Å². The van der Waals surface area contributed by atoms with E-state index in [1.165, 1.54) is 4.31 Å². The van der Waals surface area contributed by atoms with Gasteiger partial charge in [-0.2, -0.15) is 4.31 Å². The predicted molar refractivity (Wildman–Crippen MR) is 91.6 cm³/mol. The normalized spacial score (nSPS) is 11.8. The molecule has 124 valence electrons. The lowest BCUT2D eigenvalue weighted by Gasteiger charge is -2.21. The van der Waals surface area contributed by atoms with Crippen LogP contribution >= 0.6 is 0 Å². The van der Waals surface area contributed by atoms with E-state index < -0.39 is 10.0 Å². The summed E-state index contributed by atoms with van der Waals surface area (Å²) in [5, 5.41) is 9.23. The van der Waals surface area contributed by atoms with Crippen molar-refractivity contribution >= 4 is 10.0 Å². The molecule has 0 radical (unpaired) electrons. The molecule has 0 bridgehead atoms. The molecule has 0 unspecified atom stereocenters. The first-order valence-electron chi connectivity index (χ1n) is 7.81. The lowest BCUT2D eigenvalue weighted by molar-refractivity contribution is 0.251. The average molecular weight is 333 g/mol. The summed E-state index contributed by atoms with van der Waals surface area (Å²) in [6.07, 6.45) is 1.96. The third kappa shape index (κ3) is 4.64. The predicted octanol–water partition coefficient (Wildman–Crippen LogP) is 2.82. The quantitative estimate of drug-likeness (QED) is 0.808. The van der Waals surface area contributed by atoms with Crippen molar-refractivity contribution in [2.45, 2.75) is 31.2 Å². The van der Waals surface area contributed by atoms with E-state index in [4.69, 9.17) is 0 Å². The summed E-state index contributed by atoms with van der Waals surface area (Å²) >= 11 is 0. The fourth-order valence-electron chi connectivity index (χ4n) is 2.45. The zero-order valence-electron chi connectivity index (χ0n) is 13.4. The molecule has 2 rings (SSSR count). The van der Waals surface area contributed by atoms with Gasteiger partial charge in [-0.1, -0.05) is 55.8 Å². The number of aliphatic hydroxyl groups is 1. The highest BCUT2D eigenvalue weighted by molar-refractivity contribution is 7.89. The van der Waals surface area contributed by atoms with Crippen LogP contribution in [0.2, 0.25) is 0 Å². The van der Waals surface area contributed by atoms with Gasteiger partial charge >= 0.3 is 0 Å². The Morgan fingerprint density at radius 2 is 1.61 bits per heavy atom. The van der Waals surface area contributed by atoms with E-state index in [9.17, 15) is 13.5 Å². The number of hydrogen-bond acceptors (Lipinski definition) is 3. The minimum atomic E-state index is -3.62. The Balaban J connectivity index is 2.25. The molecule has 0 aliphatic rings. The molecule has 0 saturated heterocycles. The highest BCUT2D eigenvalue weighted by Gasteiger charge is 2.24. The number of aliphatic hydroxyl groups excluding tert-OH is 1. The fourth-order valence-corrected chi connectivity index (χ4v) is 3.87. The number of rotatable bonds is 8. The van der Waals surface area contributed by atoms with E-state index in [1.807, 2.05) is 42.5 Å². The van der Waals surface area contributed by atoms with Crippen molar-refractivity contribution in [1.82, 2.24) is 4.31 Å². The van der Waals surface area contributed by atoms with Crippen molar-refractivity contribution in [2.75, 3.05) is 13.2 Å². The van der Waals surface area contributed by atoms with Crippen LogP contribution in [-0.4, -0.2) is 31.0 Å². The second-order valence-electron chi connectivity index (χ2n) is 5.44. The number of sulfonamides is 1. The minimum absolute atomic E-state index is 0.0773. The van der Waals surface area contributed by atoms with E-state index in [2.05, 4.69) is 6.92 Å². The second kappa shape index (κ2) is 8.24. The van der Waals surface area contributed by atoms with Gasteiger partial charge in [-0.25, -0.2) is 8.42 Å². The molecule has 0 heterocycles. The Morgan fingerprint density at radius 3 is 2.17 bits per heavy atom. The van der Waals surface area contributed by atoms with Crippen molar-refractivity contribution in [3.63, 3.8) is 0 Å². The van der Waals surface area contributed by atoms with Crippen LogP contribution in [0.5, 0.6) is 0 Å². The molecule has 2 aromatic carbocycles. The summed E-state index contributed by atoms with van der Waals surface area (Å²) in [6, 6.07) is 16.4. The standard InChI is InChI=1S/C18H23NO3S/c1-2-6-16-9-11-18(12-10-16)23(21,22)19(13-14-20)15-17-7-4-3-5-8-17/h3-5,7-12,20H,2,6,13-15H2,1H3. The summed E-state index contributed by atoms with van der Waals surface area (Å²) in [5.41, 5.74) is 2.02. The first-order chi connectivity index (χ1) is 11.1. The molecule has 0 aliphatic heterocycles. The van der Waals surface area contributed by atoms with Crippen LogP contribution in [0, 0.1) is 0 Å². The van der Waals surface area contributed by atoms with Crippen molar-refractivity contribution in [3.8, 4) is 0 Å². The number of nitrogens with zero attached hydrogens (tertiary/aromatic N) is 1. The maximum absolute atomic E-state index is 12.8. The SMILES string of the molecule is CCCc1ccc(S(=O)(=O)N(CCO)Cc2ccccc2)cc1. The van der Waals surface area contributed by atoms with Crippen LogP contribution in [-0.2, 0) is 23.0 Å². The average Bonchev–Trinajstić information content (AvgIpc) is 2.56. The third-order valence-corrected chi connectivity index (χ3v) is 5.51. The molecule has 4 nitrogen and oxygen atoms in total. The molecule has 1 N–H and O–H groups in total. The summed E-state index contributed by atoms with van der Waals surface area (Å²) in [7, 11) is -3.62. The molecule has 2 aromatic rings. The van der Waals surface area contributed by atoms with Gasteiger partial charge in [0.25, 0.3) is 0 Å². The maximum Gasteiger partial charge on any atom is 0.243 e. The smallest absolute Gasteiger partial charge is 0.243 e. The molecular formula is C18H23NO3S. The van der Waals surface area contributed by atoms with Crippen LogP contribution in [0.4, 0.5) is 0 Å². The van der Waals surface area contributed by atoms with E-state index in [0.29, 0.717) is 0 Å². The first-order valence-corrected chi connectivity index (χ1v) is 9.26. The van der Waals surface area contributed by atoms with Crippen LogP contribution in [0.15, 0.2) is 59.5 Å². The molecule has 0 atom stereocenters. The summed E-state index contributed by atoms with van der Waals surface area (Å²) in [4.78, 5) is 0.265. The Bertz CT molecular complexity index is 697. The highest BCUT2D eigenvalue weighted by Crippen LogP contribution is 2.19. The van der Waals surface area contributed by atoms with Gasteiger partial charge in [-0.3, -0.25) is 0 Å². The van der Waals surface area contributed by atoms with Gasteiger partial charge in [0.05, 0.1) is 11.5 Å². The number of aryl methyl sites for hydroxylation is 1. The minimum Gasteiger partial charge on any atom is -0.395 e. The third-order valence-electron chi connectivity index (χ3n) is 3.65. The summed E-state index contributed by atoms with van der Waals surface area (Å²) < 4.78 is 26.9. The van der Waals surface area contributed by atoms with Gasteiger partial charge in [0.2, 0.25) is 10.0 Å². The van der Waals surface area contributed by atoms with Crippen LogP contribution in [0.3, 0.4) is 0 Å². The van der Waals surface area contributed by atoms with Crippen molar-refractivity contribution in [2.24, 2.45) is 0 Å². The Hall–Kier alpha value is -1.69. The lowest BCUT2D eigenvalue weighted by atomic mass is 10.1. The Labute approximate surface area is 138 Å². The second-order valence-corrected chi connectivity index (χ2v) is 7.38. The number of benzene rings is 2. The topological polar surface area (TPSA) is 57.6 Å². The highest BCUT2D eigenvalue weighted by atomic mass is 32.2. The molecule has 0 aromatic heterocycles. The molecule has 0 aliphatic carbocycles. The van der Waals surface area contributed by atoms with Crippen LogP contribution in [0.25, 0.3) is 0 Å². The monoisotopic (exact) mass is 333 g/mol. The zero-order chi connectivity index (χ0) is 16.7. The lowest BCUT2D eigenvalue weighted by Crippen LogP contribution is -2.33. The van der Waals surface area contributed by atoms with E-state index in [-0.39, 0.29) is 24.6 Å². The molecular weight excluding hydrogens is 310 g/mol. The number of hydrogen-bond donors (Lipinski definition) is 1. The van der Waals surface area contributed by atoms with Crippen molar-refractivity contribution < 1.29 is 13.5 Å². The maximum atomic E-state index is 12.8. The summed E-state index contributed by atoms with van der Waals surface area (Å²) in [6.45, 7) is 2.21. The zero-order valence-corrected chi connectivity index (χ0v) is 14.2. The van der Waals surface area contributed by atoms with Gasteiger partial charge in [0, 0.05) is 13.1 Å².